The Labute approximate surface area is 123 Å². The molecule has 1 aromatic rings. The fourth-order valence-corrected chi connectivity index (χ4v) is 3.15. The molecule has 1 fully saturated rings. The number of carboxylic acids is 1. The zero-order valence-corrected chi connectivity index (χ0v) is 13.1. The van der Waals surface area contributed by atoms with Gasteiger partial charge < -0.3 is 10.0 Å². The minimum absolute atomic E-state index is 0.0158. The Hall–Kier alpha value is -1.24. The summed E-state index contributed by atoms with van der Waals surface area (Å²) < 4.78 is 2.05. The molecule has 0 radical (unpaired) electrons. The summed E-state index contributed by atoms with van der Waals surface area (Å²) in [4.78, 5) is 13.0. The van der Waals surface area contributed by atoms with Gasteiger partial charge in [-0.2, -0.15) is 0 Å². The van der Waals surface area contributed by atoms with Crippen molar-refractivity contribution in [2.24, 2.45) is 5.92 Å². The SMILES string of the molecule is CC1CCN(c2nnc(SCC(=O)O)n2C(C)C)CC1. The van der Waals surface area contributed by atoms with Crippen LogP contribution in [0.1, 0.15) is 39.7 Å². The molecule has 1 N–H and O–H groups in total. The van der Waals surface area contributed by atoms with Gasteiger partial charge in [-0.15, -0.1) is 10.2 Å². The molecular weight excluding hydrogens is 276 g/mol. The van der Waals surface area contributed by atoms with Crippen LogP contribution < -0.4 is 4.90 Å². The number of nitrogens with zero attached hydrogens (tertiary/aromatic N) is 4. The highest BCUT2D eigenvalue weighted by molar-refractivity contribution is 7.99. The second kappa shape index (κ2) is 6.47. The summed E-state index contributed by atoms with van der Waals surface area (Å²) in [7, 11) is 0. The Morgan fingerprint density at radius 1 is 1.40 bits per heavy atom. The van der Waals surface area contributed by atoms with Crippen LogP contribution >= 0.6 is 11.8 Å². The van der Waals surface area contributed by atoms with E-state index >= 15 is 0 Å². The lowest BCUT2D eigenvalue weighted by Gasteiger charge is -2.31. The van der Waals surface area contributed by atoms with Crippen LogP contribution in [0.15, 0.2) is 5.16 Å². The summed E-state index contributed by atoms with van der Waals surface area (Å²) in [6.07, 6.45) is 2.34. The molecule has 0 aliphatic carbocycles. The summed E-state index contributed by atoms with van der Waals surface area (Å²) in [6, 6.07) is 0.218. The van der Waals surface area contributed by atoms with Crippen molar-refractivity contribution in [2.45, 2.75) is 44.8 Å². The molecule has 0 saturated carbocycles. The predicted molar refractivity (Wildman–Crippen MR) is 79.4 cm³/mol. The van der Waals surface area contributed by atoms with Gasteiger partial charge in [-0.05, 0) is 32.6 Å². The first-order valence-corrected chi connectivity index (χ1v) is 8.02. The molecular formula is C13H22N4O2S. The molecule has 1 saturated heterocycles. The van der Waals surface area contributed by atoms with Gasteiger partial charge in [0.1, 0.15) is 0 Å². The van der Waals surface area contributed by atoms with Crippen molar-refractivity contribution < 1.29 is 9.90 Å². The van der Waals surface area contributed by atoms with Crippen LogP contribution in [-0.2, 0) is 4.79 Å². The third-order valence-corrected chi connectivity index (χ3v) is 4.48. The average Bonchev–Trinajstić information content (AvgIpc) is 2.81. The molecule has 0 atom stereocenters. The van der Waals surface area contributed by atoms with Gasteiger partial charge in [0.15, 0.2) is 5.16 Å². The largest absolute Gasteiger partial charge is 0.481 e. The van der Waals surface area contributed by atoms with E-state index in [1.807, 2.05) is 4.57 Å². The van der Waals surface area contributed by atoms with Crippen molar-refractivity contribution in [1.82, 2.24) is 14.8 Å². The molecule has 0 amide bonds. The number of rotatable bonds is 5. The maximum absolute atomic E-state index is 10.7. The molecule has 7 heteroatoms. The monoisotopic (exact) mass is 298 g/mol. The van der Waals surface area contributed by atoms with E-state index in [-0.39, 0.29) is 11.8 Å². The highest BCUT2D eigenvalue weighted by atomic mass is 32.2. The number of piperidine rings is 1. The third kappa shape index (κ3) is 3.45. The van der Waals surface area contributed by atoms with E-state index in [1.54, 1.807) is 0 Å². The summed E-state index contributed by atoms with van der Waals surface area (Å²) in [5.41, 5.74) is 0. The summed E-state index contributed by atoms with van der Waals surface area (Å²) >= 11 is 1.23. The number of carboxylic acid groups (broad SMARTS) is 1. The Morgan fingerprint density at radius 2 is 2.05 bits per heavy atom. The molecule has 112 valence electrons. The summed E-state index contributed by atoms with van der Waals surface area (Å²) in [6.45, 7) is 8.42. The van der Waals surface area contributed by atoms with E-state index in [4.69, 9.17) is 5.11 Å². The molecule has 2 heterocycles. The van der Waals surface area contributed by atoms with Gasteiger partial charge in [0, 0.05) is 19.1 Å². The van der Waals surface area contributed by atoms with E-state index < -0.39 is 5.97 Å². The third-order valence-electron chi connectivity index (χ3n) is 3.55. The van der Waals surface area contributed by atoms with Crippen molar-refractivity contribution in [3.63, 3.8) is 0 Å². The van der Waals surface area contributed by atoms with Gasteiger partial charge in [0.05, 0.1) is 5.75 Å². The highest BCUT2D eigenvalue weighted by Crippen LogP contribution is 2.28. The van der Waals surface area contributed by atoms with E-state index in [0.717, 1.165) is 25.0 Å². The second-order valence-electron chi connectivity index (χ2n) is 5.60. The number of hydrogen-bond donors (Lipinski definition) is 1. The van der Waals surface area contributed by atoms with Crippen LogP contribution in [0.3, 0.4) is 0 Å². The van der Waals surface area contributed by atoms with Crippen LogP contribution in [0.4, 0.5) is 5.95 Å². The minimum atomic E-state index is -0.832. The standard InChI is InChI=1S/C13H22N4O2S/c1-9(2)17-12(16-6-4-10(3)5-7-16)14-15-13(17)20-8-11(18)19/h9-10H,4-8H2,1-3H3,(H,18,19). The molecule has 2 rings (SSSR count). The predicted octanol–water partition coefficient (Wildman–Crippen LogP) is 2.27. The van der Waals surface area contributed by atoms with Gasteiger partial charge in [-0.1, -0.05) is 18.7 Å². The smallest absolute Gasteiger partial charge is 0.313 e. The molecule has 0 bridgehead atoms. The Kier molecular flexibility index (Phi) is 4.91. The first-order valence-electron chi connectivity index (χ1n) is 7.03. The van der Waals surface area contributed by atoms with Crippen LogP contribution in [0, 0.1) is 5.92 Å². The second-order valence-corrected chi connectivity index (χ2v) is 6.54. The van der Waals surface area contributed by atoms with E-state index in [2.05, 4.69) is 35.9 Å². The van der Waals surface area contributed by atoms with Gasteiger partial charge >= 0.3 is 5.97 Å². The summed E-state index contributed by atoms with van der Waals surface area (Å²) in [5, 5.41) is 18.0. The molecule has 6 nitrogen and oxygen atoms in total. The Balaban J connectivity index is 2.18. The van der Waals surface area contributed by atoms with E-state index in [1.165, 1.54) is 24.6 Å². The fraction of sp³-hybridized carbons (Fsp3) is 0.769. The van der Waals surface area contributed by atoms with Crippen LogP contribution in [0.5, 0.6) is 0 Å². The first-order chi connectivity index (χ1) is 9.49. The molecule has 1 aliphatic rings. The lowest BCUT2D eigenvalue weighted by atomic mass is 10.00. The zero-order chi connectivity index (χ0) is 14.7. The van der Waals surface area contributed by atoms with Gasteiger partial charge in [-0.25, -0.2) is 0 Å². The fourth-order valence-electron chi connectivity index (χ4n) is 2.37. The van der Waals surface area contributed by atoms with Crippen molar-refractivity contribution >= 4 is 23.7 Å². The molecule has 20 heavy (non-hydrogen) atoms. The lowest BCUT2D eigenvalue weighted by Crippen LogP contribution is -2.35. The van der Waals surface area contributed by atoms with Crippen LogP contribution in [0.25, 0.3) is 0 Å². The minimum Gasteiger partial charge on any atom is -0.481 e. The maximum atomic E-state index is 10.7. The Morgan fingerprint density at radius 3 is 2.60 bits per heavy atom. The van der Waals surface area contributed by atoms with Crippen molar-refractivity contribution in [1.29, 1.82) is 0 Å². The van der Waals surface area contributed by atoms with Crippen LogP contribution in [-0.4, -0.2) is 44.7 Å². The zero-order valence-electron chi connectivity index (χ0n) is 12.2. The van der Waals surface area contributed by atoms with Crippen LogP contribution in [0.2, 0.25) is 0 Å². The molecule has 0 aromatic carbocycles. The first kappa shape index (κ1) is 15.2. The molecule has 0 unspecified atom stereocenters. The quantitative estimate of drug-likeness (QED) is 0.841. The van der Waals surface area contributed by atoms with Gasteiger partial charge in [0.25, 0.3) is 0 Å². The van der Waals surface area contributed by atoms with E-state index in [0.29, 0.717) is 5.16 Å². The normalized spacial score (nSPS) is 16.9. The molecule has 0 spiro atoms. The number of aromatic nitrogens is 3. The van der Waals surface area contributed by atoms with E-state index in [9.17, 15) is 4.79 Å². The topological polar surface area (TPSA) is 71.2 Å². The Bertz CT molecular complexity index is 467. The number of thioether (sulfide) groups is 1. The van der Waals surface area contributed by atoms with Crippen molar-refractivity contribution in [3.8, 4) is 0 Å². The molecule has 1 aromatic heterocycles. The number of aliphatic carboxylic acids is 1. The average molecular weight is 298 g/mol. The highest BCUT2D eigenvalue weighted by Gasteiger charge is 2.24. The van der Waals surface area contributed by atoms with Gasteiger partial charge in [-0.3, -0.25) is 9.36 Å². The lowest BCUT2D eigenvalue weighted by molar-refractivity contribution is -0.133. The maximum Gasteiger partial charge on any atom is 0.313 e. The molecule has 1 aliphatic heterocycles. The van der Waals surface area contributed by atoms with Crippen molar-refractivity contribution in [3.05, 3.63) is 0 Å². The van der Waals surface area contributed by atoms with Crippen molar-refractivity contribution in [2.75, 3.05) is 23.7 Å². The number of carbonyl (C=O) groups is 1. The number of hydrogen-bond acceptors (Lipinski definition) is 5. The number of anilines is 1. The van der Waals surface area contributed by atoms with Gasteiger partial charge in [0.2, 0.25) is 5.95 Å². The summed E-state index contributed by atoms with van der Waals surface area (Å²) in [5.74, 6) is 0.825.